The van der Waals surface area contributed by atoms with Crippen molar-refractivity contribution in [3.05, 3.63) is 88.9 Å². The summed E-state index contributed by atoms with van der Waals surface area (Å²) < 4.78 is 33.4. The smallest absolute Gasteiger partial charge is 0.264 e. The van der Waals surface area contributed by atoms with Crippen molar-refractivity contribution in [2.75, 3.05) is 18.0 Å². The first-order chi connectivity index (χ1) is 15.2. The number of carbonyl (C=O) groups excluding carboxylic acids is 1. The molecule has 32 heavy (non-hydrogen) atoms. The Labute approximate surface area is 193 Å². The highest BCUT2D eigenvalue weighted by Crippen LogP contribution is 2.28. The molecule has 0 fully saturated rings. The van der Waals surface area contributed by atoms with Gasteiger partial charge in [-0.1, -0.05) is 48.0 Å². The van der Waals surface area contributed by atoms with E-state index in [2.05, 4.69) is 5.32 Å². The van der Waals surface area contributed by atoms with Crippen molar-refractivity contribution in [3.8, 4) is 5.75 Å². The Morgan fingerprint density at radius 3 is 2.31 bits per heavy atom. The van der Waals surface area contributed by atoms with Crippen LogP contribution in [0.4, 0.5) is 5.69 Å². The number of aryl methyl sites for hydroxylation is 1. The number of methoxy groups -OCH3 is 1. The van der Waals surface area contributed by atoms with E-state index in [-0.39, 0.29) is 17.5 Å². The molecule has 168 valence electrons. The van der Waals surface area contributed by atoms with Crippen LogP contribution in [0.5, 0.6) is 5.75 Å². The van der Waals surface area contributed by atoms with Gasteiger partial charge in [-0.3, -0.25) is 9.10 Å². The number of nitrogens with one attached hydrogen (secondary N) is 1. The summed E-state index contributed by atoms with van der Waals surface area (Å²) in [5.74, 6) is 0.203. The molecule has 0 radical (unpaired) electrons. The molecule has 0 spiro atoms. The lowest BCUT2D eigenvalue weighted by Gasteiger charge is -2.26. The summed E-state index contributed by atoms with van der Waals surface area (Å²) in [7, 11) is -2.45. The van der Waals surface area contributed by atoms with Crippen molar-refractivity contribution in [2.24, 2.45) is 0 Å². The number of carbonyl (C=O) groups is 1. The first-order valence-electron chi connectivity index (χ1n) is 10.00. The summed E-state index contributed by atoms with van der Waals surface area (Å²) in [4.78, 5) is 13.0. The molecule has 0 aliphatic carbocycles. The molecule has 3 aromatic rings. The van der Waals surface area contributed by atoms with E-state index in [1.165, 1.54) is 24.3 Å². The summed E-state index contributed by atoms with van der Waals surface area (Å²) in [5, 5.41) is 3.30. The first kappa shape index (κ1) is 23.6. The van der Waals surface area contributed by atoms with E-state index in [1.54, 1.807) is 32.2 Å². The number of hydrogen-bond donors (Lipinski definition) is 1. The Balaban J connectivity index is 1.92. The van der Waals surface area contributed by atoms with Crippen LogP contribution in [0.15, 0.2) is 77.7 Å². The van der Waals surface area contributed by atoms with Gasteiger partial charge in [0, 0.05) is 10.6 Å². The number of nitrogens with zero attached hydrogens (tertiary/aromatic N) is 1. The Morgan fingerprint density at radius 1 is 1.03 bits per heavy atom. The van der Waals surface area contributed by atoms with Crippen LogP contribution in [-0.2, 0) is 14.8 Å². The third-order valence-electron chi connectivity index (χ3n) is 5.06. The summed E-state index contributed by atoms with van der Waals surface area (Å²) in [6.07, 6.45) is 0. The van der Waals surface area contributed by atoms with Crippen molar-refractivity contribution in [1.82, 2.24) is 5.32 Å². The van der Waals surface area contributed by atoms with Gasteiger partial charge < -0.3 is 10.1 Å². The van der Waals surface area contributed by atoms with Gasteiger partial charge in [0.25, 0.3) is 10.0 Å². The zero-order valence-corrected chi connectivity index (χ0v) is 19.7. The molecule has 8 heteroatoms. The van der Waals surface area contributed by atoms with E-state index in [0.29, 0.717) is 16.5 Å². The van der Waals surface area contributed by atoms with Crippen LogP contribution >= 0.6 is 11.6 Å². The standard InChI is InChI=1S/C24H25ClN2O4S/c1-17-8-4-6-10-22(17)27(32(29,30)20-14-12-19(25)13-15-20)16-24(28)26-18(2)21-9-5-7-11-23(21)31-3/h4-15,18H,16H2,1-3H3,(H,26,28)/t18-/m0/s1. The molecule has 0 saturated carbocycles. The highest BCUT2D eigenvalue weighted by molar-refractivity contribution is 7.92. The lowest BCUT2D eigenvalue weighted by Crippen LogP contribution is -2.42. The van der Waals surface area contributed by atoms with Gasteiger partial charge in [-0.25, -0.2) is 8.42 Å². The van der Waals surface area contributed by atoms with Crippen molar-refractivity contribution >= 4 is 33.2 Å². The summed E-state index contributed by atoms with van der Waals surface area (Å²) >= 11 is 5.93. The van der Waals surface area contributed by atoms with E-state index in [4.69, 9.17) is 16.3 Å². The lowest BCUT2D eigenvalue weighted by molar-refractivity contribution is -0.120. The monoisotopic (exact) mass is 472 g/mol. The van der Waals surface area contributed by atoms with Crippen LogP contribution in [0.1, 0.15) is 24.1 Å². The highest BCUT2D eigenvalue weighted by Gasteiger charge is 2.28. The number of hydrogen-bond acceptors (Lipinski definition) is 4. The molecule has 0 unspecified atom stereocenters. The van der Waals surface area contributed by atoms with Crippen molar-refractivity contribution < 1.29 is 17.9 Å². The van der Waals surface area contributed by atoms with Gasteiger partial charge in [-0.05, 0) is 55.8 Å². The number of halogens is 1. The number of amides is 1. The molecule has 3 rings (SSSR count). The number of para-hydroxylation sites is 2. The summed E-state index contributed by atoms with van der Waals surface area (Å²) in [6, 6.07) is 19.9. The van der Waals surface area contributed by atoms with Crippen LogP contribution in [0.2, 0.25) is 5.02 Å². The number of rotatable bonds is 8. The van der Waals surface area contributed by atoms with E-state index >= 15 is 0 Å². The number of ether oxygens (including phenoxy) is 1. The van der Waals surface area contributed by atoms with E-state index in [0.717, 1.165) is 15.4 Å². The van der Waals surface area contributed by atoms with Gasteiger partial charge in [0.15, 0.2) is 0 Å². The average Bonchev–Trinajstić information content (AvgIpc) is 2.78. The molecule has 0 aliphatic rings. The van der Waals surface area contributed by atoms with Crippen LogP contribution in [0, 0.1) is 6.92 Å². The second kappa shape index (κ2) is 10.1. The molecule has 3 aromatic carbocycles. The zero-order valence-electron chi connectivity index (χ0n) is 18.1. The lowest BCUT2D eigenvalue weighted by atomic mass is 10.1. The fourth-order valence-electron chi connectivity index (χ4n) is 3.40. The second-order valence-electron chi connectivity index (χ2n) is 7.28. The van der Waals surface area contributed by atoms with Crippen molar-refractivity contribution in [2.45, 2.75) is 24.8 Å². The van der Waals surface area contributed by atoms with Crippen LogP contribution < -0.4 is 14.4 Å². The molecular weight excluding hydrogens is 448 g/mol. The van der Waals surface area contributed by atoms with Crippen molar-refractivity contribution in [1.29, 1.82) is 0 Å². The third-order valence-corrected chi connectivity index (χ3v) is 7.08. The number of sulfonamides is 1. The zero-order chi connectivity index (χ0) is 23.3. The van der Waals surface area contributed by atoms with Crippen LogP contribution in [0.25, 0.3) is 0 Å². The van der Waals surface area contributed by atoms with Gasteiger partial charge in [0.2, 0.25) is 5.91 Å². The van der Waals surface area contributed by atoms with Gasteiger partial charge in [0.1, 0.15) is 12.3 Å². The van der Waals surface area contributed by atoms with Gasteiger partial charge in [0.05, 0.1) is 23.7 Å². The Bertz CT molecular complexity index is 1200. The molecular formula is C24H25ClN2O4S. The molecule has 1 atom stereocenters. The SMILES string of the molecule is COc1ccccc1[C@H](C)NC(=O)CN(c1ccccc1C)S(=O)(=O)c1ccc(Cl)cc1. The van der Waals surface area contributed by atoms with E-state index in [9.17, 15) is 13.2 Å². The Hall–Kier alpha value is -3.03. The Morgan fingerprint density at radius 2 is 1.66 bits per heavy atom. The summed E-state index contributed by atoms with van der Waals surface area (Å²) in [5.41, 5.74) is 1.96. The third kappa shape index (κ3) is 5.23. The summed E-state index contributed by atoms with van der Waals surface area (Å²) in [6.45, 7) is 3.24. The molecule has 1 N–H and O–H groups in total. The minimum Gasteiger partial charge on any atom is -0.496 e. The normalized spacial score (nSPS) is 12.1. The fourth-order valence-corrected chi connectivity index (χ4v) is 5.01. The maximum Gasteiger partial charge on any atom is 0.264 e. The molecule has 0 aliphatic heterocycles. The maximum absolute atomic E-state index is 13.5. The molecule has 0 bridgehead atoms. The maximum atomic E-state index is 13.5. The van der Waals surface area contributed by atoms with Gasteiger partial charge in [-0.15, -0.1) is 0 Å². The topological polar surface area (TPSA) is 75.7 Å². The van der Waals surface area contributed by atoms with Gasteiger partial charge >= 0.3 is 0 Å². The number of benzene rings is 3. The fraction of sp³-hybridized carbons (Fsp3) is 0.208. The first-order valence-corrected chi connectivity index (χ1v) is 11.8. The minimum atomic E-state index is -4.01. The van der Waals surface area contributed by atoms with Gasteiger partial charge in [-0.2, -0.15) is 0 Å². The number of anilines is 1. The largest absolute Gasteiger partial charge is 0.496 e. The molecule has 0 saturated heterocycles. The molecule has 0 heterocycles. The van der Waals surface area contributed by atoms with Crippen molar-refractivity contribution in [3.63, 3.8) is 0 Å². The molecule has 6 nitrogen and oxygen atoms in total. The minimum absolute atomic E-state index is 0.0516. The Kier molecular flexibility index (Phi) is 7.43. The second-order valence-corrected chi connectivity index (χ2v) is 9.58. The van der Waals surface area contributed by atoms with Crippen LogP contribution in [0.3, 0.4) is 0 Å². The highest BCUT2D eigenvalue weighted by atomic mass is 35.5. The van der Waals surface area contributed by atoms with E-state index < -0.39 is 15.9 Å². The van der Waals surface area contributed by atoms with Crippen LogP contribution in [-0.4, -0.2) is 28.0 Å². The predicted molar refractivity (Wildman–Crippen MR) is 127 cm³/mol. The van der Waals surface area contributed by atoms with E-state index in [1.807, 2.05) is 37.3 Å². The average molecular weight is 473 g/mol. The quantitative estimate of drug-likeness (QED) is 0.514. The molecule has 1 amide bonds. The predicted octanol–water partition coefficient (Wildman–Crippen LogP) is 4.73. The molecule has 0 aromatic heterocycles.